The van der Waals surface area contributed by atoms with E-state index in [1.807, 2.05) is 6.20 Å². The normalized spacial score (nSPS) is 18.9. The molecule has 3 rings (SSSR count). The fraction of sp³-hybridized carbons (Fsp3) is 0.400. The molecular formula is C15H19N3. The highest BCUT2D eigenvalue weighted by molar-refractivity contribution is 5.82. The van der Waals surface area contributed by atoms with Gasteiger partial charge in [0.05, 0.1) is 5.52 Å². The summed E-state index contributed by atoms with van der Waals surface area (Å²) >= 11 is 0. The highest BCUT2D eigenvalue weighted by Gasteiger charge is 2.19. The van der Waals surface area contributed by atoms with Gasteiger partial charge in [-0.2, -0.15) is 0 Å². The van der Waals surface area contributed by atoms with Crippen molar-refractivity contribution in [2.45, 2.75) is 13.0 Å². The third kappa shape index (κ3) is 2.11. The van der Waals surface area contributed by atoms with Crippen LogP contribution in [0.2, 0.25) is 0 Å². The number of nitrogens with zero attached hydrogens (tertiary/aromatic N) is 2. The maximum atomic E-state index is 4.44. The average molecular weight is 241 g/mol. The summed E-state index contributed by atoms with van der Waals surface area (Å²) in [7, 11) is 0. The predicted molar refractivity (Wildman–Crippen MR) is 74.6 cm³/mol. The molecule has 94 valence electrons. The Labute approximate surface area is 108 Å². The molecule has 1 aromatic carbocycles. The zero-order valence-electron chi connectivity index (χ0n) is 10.8. The second kappa shape index (κ2) is 5.04. The molecule has 1 N–H and O–H groups in total. The van der Waals surface area contributed by atoms with Gasteiger partial charge >= 0.3 is 0 Å². The third-order valence-electron chi connectivity index (χ3n) is 3.83. The standard InChI is InChI=1S/C15H19N3/c1-12(18-10-8-16-9-11-18)13-6-7-17-15-5-3-2-4-14(13)15/h2-7,12,16H,8-11H2,1H3/t12-/m0/s1. The van der Waals surface area contributed by atoms with Crippen LogP contribution in [0.15, 0.2) is 36.5 Å². The first-order valence-corrected chi connectivity index (χ1v) is 6.64. The first kappa shape index (κ1) is 11.6. The first-order chi connectivity index (χ1) is 8.86. The zero-order valence-corrected chi connectivity index (χ0v) is 10.8. The lowest BCUT2D eigenvalue weighted by Gasteiger charge is -2.33. The fourth-order valence-corrected chi connectivity index (χ4v) is 2.75. The van der Waals surface area contributed by atoms with Crippen LogP contribution < -0.4 is 5.32 Å². The highest BCUT2D eigenvalue weighted by Crippen LogP contribution is 2.26. The van der Waals surface area contributed by atoms with Crippen molar-refractivity contribution < 1.29 is 0 Å². The number of hydrogen-bond acceptors (Lipinski definition) is 3. The van der Waals surface area contributed by atoms with Gasteiger partial charge in [-0.15, -0.1) is 0 Å². The molecule has 1 fully saturated rings. The molecule has 0 spiro atoms. The summed E-state index contributed by atoms with van der Waals surface area (Å²) in [5.74, 6) is 0. The van der Waals surface area contributed by atoms with E-state index in [2.05, 4.69) is 52.5 Å². The van der Waals surface area contributed by atoms with Crippen molar-refractivity contribution in [3.05, 3.63) is 42.1 Å². The van der Waals surface area contributed by atoms with E-state index in [4.69, 9.17) is 0 Å². The Hall–Kier alpha value is -1.45. The zero-order chi connectivity index (χ0) is 12.4. The average Bonchev–Trinajstić information content (AvgIpc) is 2.47. The van der Waals surface area contributed by atoms with Crippen molar-refractivity contribution in [2.24, 2.45) is 0 Å². The Morgan fingerprint density at radius 1 is 1.17 bits per heavy atom. The van der Waals surface area contributed by atoms with E-state index in [-0.39, 0.29) is 0 Å². The molecule has 0 radical (unpaired) electrons. The maximum Gasteiger partial charge on any atom is 0.0705 e. The molecule has 2 heterocycles. The van der Waals surface area contributed by atoms with Crippen LogP contribution in [0, 0.1) is 0 Å². The second-order valence-electron chi connectivity index (χ2n) is 4.88. The highest BCUT2D eigenvalue weighted by atomic mass is 15.2. The quantitative estimate of drug-likeness (QED) is 0.873. The van der Waals surface area contributed by atoms with Crippen LogP contribution in [0.5, 0.6) is 0 Å². The van der Waals surface area contributed by atoms with Gasteiger partial charge in [0.15, 0.2) is 0 Å². The van der Waals surface area contributed by atoms with E-state index >= 15 is 0 Å². The number of rotatable bonds is 2. The Morgan fingerprint density at radius 2 is 1.94 bits per heavy atom. The smallest absolute Gasteiger partial charge is 0.0705 e. The van der Waals surface area contributed by atoms with Gasteiger partial charge in [-0.25, -0.2) is 0 Å². The monoisotopic (exact) mass is 241 g/mol. The topological polar surface area (TPSA) is 28.2 Å². The number of para-hydroxylation sites is 1. The molecule has 0 aliphatic carbocycles. The number of fused-ring (bicyclic) bond motifs is 1. The van der Waals surface area contributed by atoms with E-state index in [1.165, 1.54) is 10.9 Å². The summed E-state index contributed by atoms with van der Waals surface area (Å²) in [4.78, 5) is 6.98. The van der Waals surface area contributed by atoms with Gasteiger partial charge in [0.1, 0.15) is 0 Å². The molecule has 0 unspecified atom stereocenters. The Bertz CT molecular complexity index is 527. The van der Waals surface area contributed by atoms with Crippen LogP contribution in [0.1, 0.15) is 18.5 Å². The Balaban J connectivity index is 1.97. The van der Waals surface area contributed by atoms with Crippen molar-refractivity contribution in [3.63, 3.8) is 0 Å². The van der Waals surface area contributed by atoms with E-state index in [9.17, 15) is 0 Å². The summed E-state index contributed by atoms with van der Waals surface area (Å²) in [5.41, 5.74) is 2.49. The molecule has 18 heavy (non-hydrogen) atoms. The minimum absolute atomic E-state index is 0.458. The minimum atomic E-state index is 0.458. The molecule has 0 bridgehead atoms. The molecule has 3 nitrogen and oxygen atoms in total. The van der Waals surface area contributed by atoms with Crippen LogP contribution >= 0.6 is 0 Å². The SMILES string of the molecule is C[C@@H](c1ccnc2ccccc12)N1CCNCC1. The van der Waals surface area contributed by atoms with Gasteiger partial charge < -0.3 is 5.32 Å². The number of hydrogen-bond donors (Lipinski definition) is 1. The van der Waals surface area contributed by atoms with Gasteiger partial charge in [-0.1, -0.05) is 18.2 Å². The molecular weight excluding hydrogens is 222 g/mol. The Kier molecular flexibility index (Phi) is 3.26. The van der Waals surface area contributed by atoms with E-state index in [0.717, 1.165) is 31.7 Å². The number of piperazine rings is 1. The van der Waals surface area contributed by atoms with Crippen LogP contribution in [0.3, 0.4) is 0 Å². The summed E-state index contributed by atoms with van der Waals surface area (Å²) < 4.78 is 0. The van der Waals surface area contributed by atoms with Gasteiger partial charge in [-0.3, -0.25) is 9.88 Å². The summed E-state index contributed by atoms with van der Waals surface area (Å²) in [6.45, 7) is 6.73. The van der Waals surface area contributed by atoms with Crippen molar-refractivity contribution in [3.8, 4) is 0 Å². The summed E-state index contributed by atoms with van der Waals surface area (Å²) in [6, 6.07) is 11.0. The number of pyridine rings is 1. The van der Waals surface area contributed by atoms with E-state index < -0.39 is 0 Å². The molecule has 1 aliphatic heterocycles. The van der Waals surface area contributed by atoms with Crippen molar-refractivity contribution in [1.29, 1.82) is 0 Å². The summed E-state index contributed by atoms with van der Waals surface area (Å²) in [5, 5.41) is 4.69. The molecule has 1 atom stereocenters. The lowest BCUT2D eigenvalue weighted by Crippen LogP contribution is -2.44. The van der Waals surface area contributed by atoms with E-state index in [0.29, 0.717) is 6.04 Å². The molecule has 3 heteroatoms. The molecule has 1 aliphatic rings. The van der Waals surface area contributed by atoms with Crippen molar-refractivity contribution in [2.75, 3.05) is 26.2 Å². The molecule has 0 amide bonds. The molecule has 1 aromatic heterocycles. The van der Waals surface area contributed by atoms with Gasteiger partial charge in [0, 0.05) is 43.8 Å². The van der Waals surface area contributed by atoms with Crippen molar-refractivity contribution >= 4 is 10.9 Å². The van der Waals surface area contributed by atoms with Crippen molar-refractivity contribution in [1.82, 2.24) is 15.2 Å². The predicted octanol–water partition coefficient (Wildman–Crippen LogP) is 2.20. The lowest BCUT2D eigenvalue weighted by atomic mass is 10.0. The van der Waals surface area contributed by atoms with Crippen LogP contribution in [-0.2, 0) is 0 Å². The number of nitrogens with one attached hydrogen (secondary N) is 1. The van der Waals surface area contributed by atoms with Crippen LogP contribution in [0.4, 0.5) is 0 Å². The third-order valence-corrected chi connectivity index (χ3v) is 3.83. The van der Waals surface area contributed by atoms with Gasteiger partial charge in [0.2, 0.25) is 0 Å². The number of benzene rings is 1. The van der Waals surface area contributed by atoms with Crippen LogP contribution in [0.25, 0.3) is 10.9 Å². The second-order valence-corrected chi connectivity index (χ2v) is 4.88. The molecule has 0 saturated carbocycles. The largest absolute Gasteiger partial charge is 0.314 e. The molecule has 1 saturated heterocycles. The van der Waals surface area contributed by atoms with Crippen LogP contribution in [-0.4, -0.2) is 36.1 Å². The maximum absolute atomic E-state index is 4.44. The summed E-state index contributed by atoms with van der Waals surface area (Å²) in [6.07, 6.45) is 1.93. The number of aromatic nitrogens is 1. The fourth-order valence-electron chi connectivity index (χ4n) is 2.75. The molecule has 2 aromatic rings. The Morgan fingerprint density at radius 3 is 2.78 bits per heavy atom. The lowest BCUT2D eigenvalue weighted by molar-refractivity contribution is 0.186. The minimum Gasteiger partial charge on any atom is -0.314 e. The first-order valence-electron chi connectivity index (χ1n) is 6.64. The van der Waals surface area contributed by atoms with Gasteiger partial charge in [-0.05, 0) is 24.6 Å². The van der Waals surface area contributed by atoms with Gasteiger partial charge in [0.25, 0.3) is 0 Å². The van der Waals surface area contributed by atoms with E-state index in [1.54, 1.807) is 0 Å².